The van der Waals surface area contributed by atoms with Gasteiger partial charge in [0.05, 0.1) is 5.69 Å². The monoisotopic (exact) mass is 400 g/mol. The molecule has 5 nitrogen and oxygen atoms in total. The number of anilines is 1. The summed E-state index contributed by atoms with van der Waals surface area (Å²) in [7, 11) is -2.51. The van der Waals surface area contributed by atoms with Crippen LogP contribution in [0.3, 0.4) is 0 Å². The summed E-state index contributed by atoms with van der Waals surface area (Å²) in [5.41, 5.74) is 9.25. The number of nitrogens with two attached hydrogens (primary N) is 1. The molecule has 140 valence electrons. The van der Waals surface area contributed by atoms with E-state index in [0.29, 0.717) is 16.8 Å². The van der Waals surface area contributed by atoms with Crippen molar-refractivity contribution in [3.8, 4) is 11.1 Å². The fourth-order valence-electron chi connectivity index (χ4n) is 2.79. The Morgan fingerprint density at radius 3 is 2.30 bits per heavy atom. The van der Waals surface area contributed by atoms with Crippen molar-refractivity contribution in [3.05, 3.63) is 69.9 Å². The number of nitrogens with zero attached hydrogens (tertiary/aromatic N) is 1. The molecular weight excluding hydrogens is 380 g/mol. The molecule has 0 unspecified atom stereocenters. The molecule has 3 rings (SSSR count). The summed E-state index contributed by atoms with van der Waals surface area (Å²) in [5.74, 6) is -0.755. The molecule has 1 amide bonds. The minimum atomic E-state index is -3.99. The van der Waals surface area contributed by atoms with Gasteiger partial charge in [0.2, 0.25) is 0 Å². The lowest BCUT2D eigenvalue weighted by Crippen LogP contribution is -2.28. The summed E-state index contributed by atoms with van der Waals surface area (Å²) < 4.78 is 28.1. The van der Waals surface area contributed by atoms with Gasteiger partial charge >= 0.3 is 0 Å². The van der Waals surface area contributed by atoms with Gasteiger partial charge < -0.3 is 5.73 Å². The van der Waals surface area contributed by atoms with E-state index in [1.807, 2.05) is 56.3 Å². The Balaban J connectivity index is 2.20. The first-order chi connectivity index (χ1) is 12.7. The predicted octanol–water partition coefficient (Wildman–Crippen LogP) is 3.96. The highest BCUT2D eigenvalue weighted by molar-refractivity contribution is 7.93. The maximum Gasteiger partial charge on any atom is 0.266 e. The number of hydrogen-bond acceptors (Lipinski definition) is 4. The average Bonchev–Trinajstić information content (AvgIpc) is 3.10. The molecule has 0 saturated carbocycles. The Hall–Kier alpha value is -2.64. The van der Waals surface area contributed by atoms with Crippen LogP contribution in [0.2, 0.25) is 0 Å². The molecular formula is C20H20N2O3S2. The smallest absolute Gasteiger partial charge is 0.266 e. The third-order valence-electron chi connectivity index (χ3n) is 4.53. The van der Waals surface area contributed by atoms with Crippen LogP contribution in [-0.4, -0.2) is 21.4 Å². The van der Waals surface area contributed by atoms with E-state index in [1.165, 1.54) is 11.4 Å². The summed E-state index contributed by atoms with van der Waals surface area (Å²) in [6, 6.07) is 14.5. The van der Waals surface area contributed by atoms with Crippen LogP contribution in [0.1, 0.15) is 20.8 Å². The molecule has 2 N–H and O–H groups in total. The van der Waals surface area contributed by atoms with Crippen LogP contribution >= 0.6 is 11.3 Å². The Labute approximate surface area is 163 Å². The van der Waals surface area contributed by atoms with E-state index >= 15 is 0 Å². The summed E-state index contributed by atoms with van der Waals surface area (Å²) in [6.07, 6.45) is 0. The Bertz CT molecular complexity index is 1100. The standard InChI is InChI=1S/C20H20N2O3S2/c1-13-9-10-16(11-14(13)2)22(3)27(24,25)19-17(12-26-18(19)20(21)23)15-7-5-4-6-8-15/h4-12H,1-3H3,(H2,21,23). The topological polar surface area (TPSA) is 80.5 Å². The maximum atomic E-state index is 13.4. The normalized spacial score (nSPS) is 11.4. The van der Waals surface area contributed by atoms with Crippen molar-refractivity contribution in [3.63, 3.8) is 0 Å². The average molecular weight is 401 g/mol. The van der Waals surface area contributed by atoms with Gasteiger partial charge in [0, 0.05) is 18.0 Å². The molecule has 0 atom stereocenters. The second kappa shape index (κ2) is 7.17. The van der Waals surface area contributed by atoms with Gasteiger partial charge in [-0.25, -0.2) is 8.42 Å². The fourth-order valence-corrected chi connectivity index (χ4v) is 5.60. The number of thiophene rings is 1. The zero-order chi connectivity index (χ0) is 19.8. The van der Waals surface area contributed by atoms with Gasteiger partial charge in [-0.15, -0.1) is 11.3 Å². The highest BCUT2D eigenvalue weighted by Crippen LogP contribution is 2.37. The van der Waals surface area contributed by atoms with Crippen molar-refractivity contribution in [2.24, 2.45) is 5.73 Å². The fraction of sp³-hybridized carbons (Fsp3) is 0.150. The Kier molecular flexibility index (Phi) is 5.08. The number of carbonyl (C=O) groups excluding carboxylic acids is 1. The van der Waals surface area contributed by atoms with Crippen LogP contribution in [0.5, 0.6) is 0 Å². The summed E-state index contributed by atoms with van der Waals surface area (Å²) >= 11 is 1.04. The molecule has 1 heterocycles. The van der Waals surface area contributed by atoms with Gasteiger partial charge in [-0.3, -0.25) is 9.10 Å². The molecule has 0 radical (unpaired) electrons. The van der Waals surface area contributed by atoms with Crippen molar-refractivity contribution in [1.82, 2.24) is 0 Å². The number of primary amides is 1. The third kappa shape index (κ3) is 3.48. The van der Waals surface area contributed by atoms with Crippen LogP contribution in [0.15, 0.2) is 58.8 Å². The van der Waals surface area contributed by atoms with Crippen molar-refractivity contribution >= 4 is 33.0 Å². The van der Waals surface area contributed by atoms with Gasteiger partial charge in [0.15, 0.2) is 0 Å². The first-order valence-corrected chi connectivity index (χ1v) is 10.6. The minimum Gasteiger partial charge on any atom is -0.365 e. The summed E-state index contributed by atoms with van der Waals surface area (Å²) in [6.45, 7) is 3.89. The first-order valence-electron chi connectivity index (χ1n) is 8.26. The van der Waals surface area contributed by atoms with Crippen molar-refractivity contribution in [1.29, 1.82) is 0 Å². The SMILES string of the molecule is Cc1ccc(N(C)S(=O)(=O)c2c(-c3ccccc3)csc2C(N)=O)cc1C. The number of benzene rings is 2. The molecule has 27 heavy (non-hydrogen) atoms. The van der Waals surface area contributed by atoms with Crippen LogP contribution in [0.25, 0.3) is 11.1 Å². The molecule has 0 aliphatic rings. The first kappa shape index (κ1) is 19.1. The number of hydrogen-bond donors (Lipinski definition) is 1. The Morgan fingerprint density at radius 2 is 1.70 bits per heavy atom. The molecule has 0 fully saturated rings. The molecule has 0 bridgehead atoms. The predicted molar refractivity (Wildman–Crippen MR) is 110 cm³/mol. The molecule has 2 aromatic carbocycles. The lowest BCUT2D eigenvalue weighted by Gasteiger charge is -2.21. The summed E-state index contributed by atoms with van der Waals surface area (Å²) in [4.78, 5) is 11.9. The van der Waals surface area contributed by atoms with E-state index in [9.17, 15) is 13.2 Å². The van der Waals surface area contributed by atoms with Gasteiger partial charge in [-0.2, -0.15) is 0 Å². The van der Waals surface area contributed by atoms with E-state index < -0.39 is 15.9 Å². The van der Waals surface area contributed by atoms with Crippen LogP contribution in [-0.2, 0) is 10.0 Å². The van der Waals surface area contributed by atoms with Crippen LogP contribution in [0, 0.1) is 13.8 Å². The van der Waals surface area contributed by atoms with E-state index in [0.717, 1.165) is 22.5 Å². The Morgan fingerprint density at radius 1 is 1.04 bits per heavy atom. The zero-order valence-corrected chi connectivity index (χ0v) is 16.9. The second-order valence-corrected chi connectivity index (χ2v) is 9.06. The molecule has 0 saturated heterocycles. The molecule has 0 aliphatic heterocycles. The van der Waals surface area contributed by atoms with Gasteiger partial charge in [0.25, 0.3) is 15.9 Å². The molecule has 7 heteroatoms. The number of aryl methyl sites for hydroxylation is 2. The molecule has 0 aliphatic carbocycles. The van der Waals surface area contributed by atoms with Crippen molar-refractivity contribution in [2.45, 2.75) is 18.7 Å². The lowest BCUT2D eigenvalue weighted by molar-refractivity contribution is 0.100. The van der Waals surface area contributed by atoms with Gasteiger partial charge in [-0.1, -0.05) is 36.4 Å². The van der Waals surface area contributed by atoms with Crippen LogP contribution in [0.4, 0.5) is 5.69 Å². The number of carbonyl (C=O) groups is 1. The zero-order valence-electron chi connectivity index (χ0n) is 15.3. The molecule has 3 aromatic rings. The third-order valence-corrected chi connectivity index (χ3v) is 7.52. The largest absolute Gasteiger partial charge is 0.365 e. The van der Waals surface area contributed by atoms with Crippen molar-refractivity contribution in [2.75, 3.05) is 11.4 Å². The second-order valence-electron chi connectivity index (χ2n) is 6.28. The molecule has 0 spiro atoms. The highest BCUT2D eigenvalue weighted by atomic mass is 32.2. The number of rotatable bonds is 5. The quantitative estimate of drug-likeness (QED) is 0.704. The van der Waals surface area contributed by atoms with E-state index in [-0.39, 0.29) is 9.77 Å². The van der Waals surface area contributed by atoms with Gasteiger partial charge in [-0.05, 0) is 42.7 Å². The lowest BCUT2D eigenvalue weighted by atomic mass is 10.1. The van der Waals surface area contributed by atoms with Gasteiger partial charge in [0.1, 0.15) is 9.77 Å². The highest BCUT2D eigenvalue weighted by Gasteiger charge is 2.32. The number of sulfonamides is 1. The van der Waals surface area contributed by atoms with E-state index in [4.69, 9.17) is 5.73 Å². The maximum absolute atomic E-state index is 13.4. The molecule has 1 aromatic heterocycles. The van der Waals surface area contributed by atoms with E-state index in [2.05, 4.69) is 0 Å². The number of amides is 1. The van der Waals surface area contributed by atoms with E-state index in [1.54, 1.807) is 11.4 Å². The van der Waals surface area contributed by atoms with Crippen molar-refractivity contribution < 1.29 is 13.2 Å². The summed E-state index contributed by atoms with van der Waals surface area (Å²) in [5, 5.41) is 1.66. The minimum absolute atomic E-state index is 0.0320. The van der Waals surface area contributed by atoms with Crippen LogP contribution < -0.4 is 10.0 Å².